The molecule has 1 fully saturated rings. The molecule has 0 unspecified atom stereocenters. The Morgan fingerprint density at radius 1 is 1.03 bits per heavy atom. The highest BCUT2D eigenvalue weighted by Gasteiger charge is 2.24. The second-order valence-electron chi connectivity index (χ2n) is 6.89. The third kappa shape index (κ3) is 5.25. The van der Waals surface area contributed by atoms with Crippen LogP contribution in [0.5, 0.6) is 0 Å². The summed E-state index contributed by atoms with van der Waals surface area (Å²) in [4.78, 5) is 44.5. The number of carbonyl (C=O) groups is 3. The van der Waals surface area contributed by atoms with Crippen molar-refractivity contribution in [2.75, 3.05) is 43.5 Å². The van der Waals surface area contributed by atoms with Crippen molar-refractivity contribution in [2.24, 2.45) is 0 Å². The molecule has 1 aliphatic rings. The fourth-order valence-electron chi connectivity index (χ4n) is 3.08. The molecule has 2 N–H and O–H groups in total. The van der Waals surface area contributed by atoms with Crippen molar-refractivity contribution >= 4 is 29.4 Å². The van der Waals surface area contributed by atoms with Gasteiger partial charge in [0.2, 0.25) is 5.91 Å². The first-order valence-electron chi connectivity index (χ1n) is 9.68. The summed E-state index contributed by atoms with van der Waals surface area (Å²) in [7, 11) is 1.31. The number of hydrogen-bond acceptors (Lipinski definition) is 6. The Morgan fingerprint density at radius 2 is 1.73 bits per heavy atom. The van der Waals surface area contributed by atoms with Gasteiger partial charge in [-0.05, 0) is 43.3 Å². The van der Waals surface area contributed by atoms with E-state index >= 15 is 0 Å². The molecule has 9 nitrogen and oxygen atoms in total. The fraction of sp³-hybridized carbons (Fsp3) is 0.333. The van der Waals surface area contributed by atoms with Gasteiger partial charge in [-0.15, -0.1) is 0 Å². The number of anilines is 2. The third-order valence-electron chi connectivity index (χ3n) is 4.85. The van der Waals surface area contributed by atoms with E-state index < -0.39 is 12.0 Å². The Bertz CT molecular complexity index is 880. The molecule has 9 heteroatoms. The van der Waals surface area contributed by atoms with Gasteiger partial charge in [0.25, 0.3) is 0 Å². The average molecular weight is 411 g/mol. The molecular formula is C21H25N5O4. The maximum Gasteiger partial charge on any atom is 0.337 e. The molecule has 3 rings (SSSR count). The number of nitrogens with zero attached hydrogens (tertiary/aromatic N) is 3. The zero-order chi connectivity index (χ0) is 21.5. The largest absolute Gasteiger partial charge is 0.465 e. The number of carbonyl (C=O) groups excluding carboxylic acids is 3. The number of esters is 1. The predicted molar refractivity (Wildman–Crippen MR) is 112 cm³/mol. The molecule has 1 aromatic heterocycles. The van der Waals surface area contributed by atoms with Crippen molar-refractivity contribution in [3.63, 3.8) is 0 Å². The summed E-state index contributed by atoms with van der Waals surface area (Å²) in [6, 6.07) is 11.1. The van der Waals surface area contributed by atoms with Crippen LogP contribution in [0.3, 0.4) is 0 Å². The van der Waals surface area contributed by atoms with E-state index in [-0.39, 0.29) is 11.9 Å². The number of hydrogen-bond donors (Lipinski definition) is 2. The van der Waals surface area contributed by atoms with Crippen LogP contribution in [0, 0.1) is 0 Å². The maximum atomic E-state index is 12.5. The van der Waals surface area contributed by atoms with Gasteiger partial charge in [-0.3, -0.25) is 4.79 Å². The van der Waals surface area contributed by atoms with Gasteiger partial charge >= 0.3 is 12.0 Å². The number of pyridine rings is 1. The number of benzene rings is 1. The topological polar surface area (TPSA) is 104 Å². The number of amides is 3. The van der Waals surface area contributed by atoms with Gasteiger partial charge in [0.05, 0.1) is 12.7 Å². The number of urea groups is 1. The Hall–Kier alpha value is -3.62. The molecule has 3 amide bonds. The van der Waals surface area contributed by atoms with Crippen molar-refractivity contribution in [1.82, 2.24) is 15.2 Å². The summed E-state index contributed by atoms with van der Waals surface area (Å²) >= 11 is 0. The number of ether oxygens (including phenoxy) is 1. The minimum Gasteiger partial charge on any atom is -0.465 e. The van der Waals surface area contributed by atoms with Gasteiger partial charge in [-0.2, -0.15) is 0 Å². The molecule has 1 aromatic carbocycles. The van der Waals surface area contributed by atoms with Crippen molar-refractivity contribution in [2.45, 2.75) is 13.0 Å². The minimum atomic E-state index is -0.716. The molecule has 1 atom stereocenters. The Labute approximate surface area is 175 Å². The van der Waals surface area contributed by atoms with E-state index in [1.165, 1.54) is 7.11 Å². The molecule has 0 radical (unpaired) electrons. The lowest BCUT2D eigenvalue weighted by atomic mass is 10.2. The van der Waals surface area contributed by atoms with Gasteiger partial charge < -0.3 is 25.2 Å². The van der Waals surface area contributed by atoms with Crippen LogP contribution in [0.1, 0.15) is 17.3 Å². The summed E-state index contributed by atoms with van der Waals surface area (Å²) in [6.45, 7) is 4.08. The highest BCUT2D eigenvalue weighted by Crippen LogP contribution is 2.13. The Kier molecular flexibility index (Phi) is 6.84. The van der Waals surface area contributed by atoms with Gasteiger partial charge in [-0.25, -0.2) is 14.6 Å². The van der Waals surface area contributed by atoms with E-state index in [2.05, 4.69) is 25.3 Å². The second kappa shape index (κ2) is 9.73. The number of aromatic nitrogens is 1. The van der Waals surface area contributed by atoms with Gasteiger partial charge in [0.1, 0.15) is 11.9 Å². The number of piperazine rings is 1. The summed E-state index contributed by atoms with van der Waals surface area (Å²) in [5.74, 6) is 0.0986. The third-order valence-corrected chi connectivity index (χ3v) is 4.85. The molecule has 0 saturated carbocycles. The first kappa shape index (κ1) is 21.1. The molecule has 0 aliphatic carbocycles. The van der Waals surface area contributed by atoms with Gasteiger partial charge in [0, 0.05) is 38.1 Å². The number of nitrogens with one attached hydrogen (secondary N) is 2. The zero-order valence-electron chi connectivity index (χ0n) is 17.0. The van der Waals surface area contributed by atoms with Crippen LogP contribution in [0.15, 0.2) is 48.7 Å². The van der Waals surface area contributed by atoms with E-state index in [9.17, 15) is 14.4 Å². The van der Waals surface area contributed by atoms with Crippen LogP contribution >= 0.6 is 0 Å². The smallest absolute Gasteiger partial charge is 0.337 e. The standard InChI is InChI=1S/C21H25N5O4/c1-15(19(27)24-17-8-6-16(7-9-17)20(28)30-2)23-21(29)26-13-11-25(12-14-26)18-5-3-4-10-22-18/h3-10,15H,11-14H2,1-2H3,(H,23,29)(H,24,27)/t15-/m1/s1. The summed E-state index contributed by atoms with van der Waals surface area (Å²) in [6.07, 6.45) is 1.75. The van der Waals surface area contributed by atoms with Crippen LogP contribution in [0.4, 0.5) is 16.3 Å². The molecule has 0 bridgehead atoms. The van der Waals surface area contributed by atoms with E-state index in [4.69, 9.17) is 0 Å². The van der Waals surface area contributed by atoms with Crippen molar-refractivity contribution < 1.29 is 19.1 Å². The Balaban J connectivity index is 1.47. The molecule has 0 spiro atoms. The van der Waals surface area contributed by atoms with Gasteiger partial charge in [0.15, 0.2) is 0 Å². The van der Waals surface area contributed by atoms with E-state index in [1.54, 1.807) is 42.3 Å². The molecular weight excluding hydrogens is 386 g/mol. The fourth-order valence-corrected chi connectivity index (χ4v) is 3.08. The van der Waals surface area contributed by atoms with Crippen LogP contribution in [0.25, 0.3) is 0 Å². The highest BCUT2D eigenvalue weighted by molar-refractivity contribution is 5.97. The zero-order valence-corrected chi connectivity index (χ0v) is 17.0. The average Bonchev–Trinajstić information content (AvgIpc) is 2.79. The van der Waals surface area contributed by atoms with Crippen molar-refractivity contribution in [3.05, 3.63) is 54.2 Å². The van der Waals surface area contributed by atoms with E-state index in [0.717, 1.165) is 5.82 Å². The maximum absolute atomic E-state index is 12.5. The first-order valence-corrected chi connectivity index (χ1v) is 9.68. The SMILES string of the molecule is COC(=O)c1ccc(NC(=O)[C@@H](C)NC(=O)N2CCN(c3ccccn3)CC2)cc1. The molecule has 30 heavy (non-hydrogen) atoms. The number of methoxy groups -OCH3 is 1. The molecule has 2 heterocycles. The van der Waals surface area contributed by atoms with Crippen LogP contribution in [-0.2, 0) is 9.53 Å². The van der Waals surface area contributed by atoms with E-state index in [0.29, 0.717) is 37.4 Å². The first-order chi connectivity index (χ1) is 14.5. The monoisotopic (exact) mass is 411 g/mol. The Morgan fingerprint density at radius 3 is 2.33 bits per heavy atom. The molecule has 1 aliphatic heterocycles. The summed E-state index contributed by atoms with van der Waals surface area (Å²) in [5.41, 5.74) is 0.916. The lowest BCUT2D eigenvalue weighted by Gasteiger charge is -2.35. The quantitative estimate of drug-likeness (QED) is 0.727. The molecule has 158 valence electrons. The van der Waals surface area contributed by atoms with Gasteiger partial charge in [-0.1, -0.05) is 6.07 Å². The van der Waals surface area contributed by atoms with Crippen LogP contribution < -0.4 is 15.5 Å². The summed E-state index contributed by atoms with van der Waals surface area (Å²) < 4.78 is 4.64. The van der Waals surface area contributed by atoms with E-state index in [1.807, 2.05) is 18.2 Å². The van der Waals surface area contributed by atoms with Crippen LogP contribution in [0.2, 0.25) is 0 Å². The normalized spacial score (nSPS) is 14.6. The lowest BCUT2D eigenvalue weighted by molar-refractivity contribution is -0.117. The van der Waals surface area contributed by atoms with Crippen molar-refractivity contribution in [1.29, 1.82) is 0 Å². The summed E-state index contributed by atoms with van der Waals surface area (Å²) in [5, 5.41) is 5.45. The highest BCUT2D eigenvalue weighted by atomic mass is 16.5. The minimum absolute atomic E-state index is 0.278. The van der Waals surface area contributed by atoms with Crippen LogP contribution in [-0.4, -0.2) is 67.1 Å². The number of rotatable bonds is 5. The predicted octanol–water partition coefficient (Wildman–Crippen LogP) is 1.73. The lowest BCUT2D eigenvalue weighted by Crippen LogP contribution is -2.54. The molecule has 2 aromatic rings. The molecule has 1 saturated heterocycles. The van der Waals surface area contributed by atoms with Crippen molar-refractivity contribution in [3.8, 4) is 0 Å². The second-order valence-corrected chi connectivity index (χ2v) is 6.89.